The van der Waals surface area contributed by atoms with Gasteiger partial charge in [0.05, 0.1) is 7.11 Å². The molecule has 1 heterocycles. The molecule has 1 aromatic rings. The zero-order valence-electron chi connectivity index (χ0n) is 19.8. The minimum absolute atomic E-state index is 0.0681. The van der Waals surface area contributed by atoms with Gasteiger partial charge in [0, 0.05) is 43.5 Å². The third kappa shape index (κ3) is 6.07. The second-order valence-corrected chi connectivity index (χ2v) is 8.81. The van der Waals surface area contributed by atoms with Gasteiger partial charge in [0.15, 0.2) is 5.60 Å². The van der Waals surface area contributed by atoms with E-state index in [9.17, 15) is 14.4 Å². The lowest BCUT2D eigenvalue weighted by Crippen LogP contribution is -2.51. The van der Waals surface area contributed by atoms with Crippen LogP contribution in [-0.2, 0) is 19.1 Å². The van der Waals surface area contributed by atoms with E-state index < -0.39 is 5.60 Å². The van der Waals surface area contributed by atoms with Gasteiger partial charge < -0.3 is 19.7 Å². The minimum atomic E-state index is -0.960. The van der Waals surface area contributed by atoms with Crippen LogP contribution in [0, 0.1) is 24.7 Å². The Balaban J connectivity index is 1.82. The van der Waals surface area contributed by atoms with Crippen molar-refractivity contribution in [2.45, 2.75) is 70.4 Å². The van der Waals surface area contributed by atoms with Crippen molar-refractivity contribution in [3.63, 3.8) is 0 Å². The minimum Gasteiger partial charge on any atom is -0.453 e. The molecule has 2 fully saturated rings. The summed E-state index contributed by atoms with van der Waals surface area (Å²) in [6.45, 7) is 5.00. The summed E-state index contributed by atoms with van der Waals surface area (Å²) in [6.07, 6.45) is 3.48. The van der Waals surface area contributed by atoms with Gasteiger partial charge >= 0.3 is 12.1 Å². The number of methoxy groups -OCH3 is 1. The van der Waals surface area contributed by atoms with Crippen LogP contribution < -0.4 is 5.32 Å². The van der Waals surface area contributed by atoms with E-state index in [2.05, 4.69) is 17.2 Å². The number of rotatable bonds is 6. The lowest BCUT2D eigenvalue weighted by molar-refractivity contribution is -0.162. The number of esters is 1. The first-order valence-corrected chi connectivity index (χ1v) is 11.8. The van der Waals surface area contributed by atoms with Gasteiger partial charge in [0.2, 0.25) is 5.91 Å². The smallest absolute Gasteiger partial charge is 0.409 e. The molecule has 1 N–H and O–H groups in total. The summed E-state index contributed by atoms with van der Waals surface area (Å²) < 4.78 is 11.1. The molecule has 1 aromatic carbocycles. The second-order valence-electron chi connectivity index (χ2n) is 8.81. The Morgan fingerprint density at radius 2 is 2.06 bits per heavy atom. The first kappa shape index (κ1) is 24.6. The molecule has 3 rings (SSSR count). The van der Waals surface area contributed by atoms with Crippen molar-refractivity contribution in [1.29, 1.82) is 0 Å². The predicted octanol–water partition coefficient (Wildman–Crippen LogP) is 3.58. The number of benzene rings is 1. The zero-order chi connectivity index (χ0) is 23.8. The molecule has 3 unspecified atom stereocenters. The Morgan fingerprint density at radius 1 is 1.24 bits per heavy atom. The summed E-state index contributed by atoms with van der Waals surface area (Å²) in [6, 6.07) is 7.85. The maximum Gasteiger partial charge on any atom is 0.409 e. The molecule has 1 saturated heterocycles. The highest BCUT2D eigenvalue weighted by Crippen LogP contribution is 2.45. The number of nitrogens with zero attached hydrogens (tertiary/aromatic N) is 1. The number of fused-ring (bicyclic) bond motifs is 1. The summed E-state index contributed by atoms with van der Waals surface area (Å²) in [7, 11) is 1.39. The largest absolute Gasteiger partial charge is 0.453 e. The Kier molecular flexibility index (Phi) is 8.37. The molecule has 0 bridgehead atoms. The predicted molar refractivity (Wildman–Crippen MR) is 124 cm³/mol. The fourth-order valence-corrected chi connectivity index (χ4v) is 5.00. The molecule has 0 radical (unpaired) electrons. The summed E-state index contributed by atoms with van der Waals surface area (Å²) >= 11 is 0. The zero-order valence-corrected chi connectivity index (χ0v) is 19.8. The van der Waals surface area contributed by atoms with E-state index in [0.29, 0.717) is 32.4 Å². The van der Waals surface area contributed by atoms with Gasteiger partial charge in [-0.25, -0.2) is 4.79 Å². The monoisotopic (exact) mass is 454 g/mol. The number of likely N-dealkylation sites (tertiary alicyclic amines) is 1. The van der Waals surface area contributed by atoms with Crippen molar-refractivity contribution >= 4 is 18.0 Å². The maximum atomic E-state index is 12.9. The van der Waals surface area contributed by atoms with E-state index >= 15 is 0 Å². The molecule has 33 heavy (non-hydrogen) atoms. The van der Waals surface area contributed by atoms with Crippen LogP contribution >= 0.6 is 0 Å². The first-order chi connectivity index (χ1) is 15.9. The number of amides is 2. The average Bonchev–Trinajstić information content (AvgIpc) is 3.23. The lowest BCUT2D eigenvalue weighted by Gasteiger charge is -2.42. The molecule has 2 aliphatic rings. The number of carbonyl (C=O) groups is 3. The summed E-state index contributed by atoms with van der Waals surface area (Å²) in [5.41, 5.74) is 1.02. The van der Waals surface area contributed by atoms with Gasteiger partial charge in [-0.05, 0) is 69.6 Å². The molecule has 1 aliphatic heterocycles. The average molecular weight is 455 g/mol. The number of hydrogen-bond acceptors (Lipinski definition) is 5. The van der Waals surface area contributed by atoms with Crippen molar-refractivity contribution in [2.24, 2.45) is 5.92 Å². The highest BCUT2D eigenvalue weighted by atomic mass is 16.6. The van der Waals surface area contributed by atoms with E-state index in [-0.39, 0.29) is 42.8 Å². The molecule has 3 atom stereocenters. The van der Waals surface area contributed by atoms with E-state index in [4.69, 9.17) is 9.47 Å². The normalized spacial score (nSPS) is 23.7. The fraction of sp³-hybridized carbons (Fsp3) is 0.577. The number of nitrogens with one attached hydrogen (secondary N) is 1. The van der Waals surface area contributed by atoms with Gasteiger partial charge in [-0.15, -0.1) is 0 Å². The molecular formula is C26H34N2O5. The van der Waals surface area contributed by atoms with Gasteiger partial charge in [-0.3, -0.25) is 9.59 Å². The van der Waals surface area contributed by atoms with Crippen LogP contribution in [-0.4, -0.2) is 54.7 Å². The summed E-state index contributed by atoms with van der Waals surface area (Å²) in [4.78, 5) is 38.6. The van der Waals surface area contributed by atoms with Crippen LogP contribution in [0.3, 0.4) is 0 Å². The van der Waals surface area contributed by atoms with Crippen molar-refractivity contribution in [3.05, 3.63) is 35.4 Å². The summed E-state index contributed by atoms with van der Waals surface area (Å²) in [5.74, 6) is 6.07. The molecule has 2 amide bonds. The van der Waals surface area contributed by atoms with E-state index in [1.807, 2.05) is 38.1 Å². The van der Waals surface area contributed by atoms with Crippen LogP contribution in [0.4, 0.5) is 4.79 Å². The van der Waals surface area contributed by atoms with Crippen molar-refractivity contribution in [1.82, 2.24) is 10.2 Å². The molecule has 178 valence electrons. The van der Waals surface area contributed by atoms with E-state index in [1.165, 1.54) is 7.11 Å². The van der Waals surface area contributed by atoms with Crippen molar-refractivity contribution in [3.8, 4) is 11.8 Å². The maximum absolute atomic E-state index is 12.9. The Morgan fingerprint density at radius 3 is 2.79 bits per heavy atom. The third-order valence-corrected chi connectivity index (χ3v) is 6.49. The number of aryl methyl sites for hydroxylation is 1. The number of ether oxygens (including phenoxy) is 2. The molecule has 0 spiro atoms. The Labute approximate surface area is 196 Å². The number of hydrogen-bond donors (Lipinski definition) is 1. The second kappa shape index (κ2) is 11.2. The molecule has 7 heteroatoms. The highest BCUT2D eigenvalue weighted by Gasteiger charge is 2.53. The Bertz CT molecular complexity index is 934. The summed E-state index contributed by atoms with van der Waals surface area (Å²) in [5, 5.41) is 2.74. The van der Waals surface area contributed by atoms with Crippen LogP contribution in [0.25, 0.3) is 0 Å². The van der Waals surface area contributed by atoms with Crippen LogP contribution in [0.15, 0.2) is 24.3 Å². The molecule has 7 nitrogen and oxygen atoms in total. The topological polar surface area (TPSA) is 84.9 Å². The SMILES string of the molecule is CCNC(=O)CCCC(=O)OC1(C#Cc2cccc(C)c2)CCCC2C1CCN2C(=O)OC. The number of carbonyl (C=O) groups excluding carboxylic acids is 3. The third-order valence-electron chi connectivity index (χ3n) is 6.49. The van der Waals surface area contributed by atoms with Gasteiger partial charge in [0.1, 0.15) is 0 Å². The molecule has 0 aromatic heterocycles. The van der Waals surface area contributed by atoms with Crippen molar-refractivity contribution in [2.75, 3.05) is 20.2 Å². The molecular weight excluding hydrogens is 420 g/mol. The van der Waals surface area contributed by atoms with Crippen LogP contribution in [0.5, 0.6) is 0 Å². The fourth-order valence-electron chi connectivity index (χ4n) is 5.00. The Hall–Kier alpha value is -3.01. The highest BCUT2D eigenvalue weighted by molar-refractivity contribution is 5.77. The van der Waals surface area contributed by atoms with Crippen LogP contribution in [0.2, 0.25) is 0 Å². The van der Waals surface area contributed by atoms with Crippen molar-refractivity contribution < 1.29 is 23.9 Å². The van der Waals surface area contributed by atoms with Crippen LogP contribution in [0.1, 0.15) is 63.0 Å². The van der Waals surface area contributed by atoms with Gasteiger partial charge in [-0.1, -0.05) is 18.1 Å². The van der Waals surface area contributed by atoms with E-state index in [1.54, 1.807) is 4.90 Å². The molecule has 1 aliphatic carbocycles. The van der Waals surface area contributed by atoms with Gasteiger partial charge in [-0.2, -0.15) is 0 Å². The quantitative estimate of drug-likeness (QED) is 0.525. The van der Waals surface area contributed by atoms with Gasteiger partial charge in [0.25, 0.3) is 0 Å². The molecule has 1 saturated carbocycles. The lowest BCUT2D eigenvalue weighted by atomic mass is 9.72. The first-order valence-electron chi connectivity index (χ1n) is 11.8. The van der Waals surface area contributed by atoms with E-state index in [0.717, 1.165) is 24.0 Å². The standard InChI is InChI=1S/C26H34N2O5/c1-4-27-23(29)11-6-12-24(30)33-26(16-13-20-9-5-8-19(2)18-20)15-7-10-22-21(26)14-17-28(22)25(31)32-3/h5,8-9,18,21-22H,4,6-7,10-12,14-15,17H2,1-3H3,(H,27,29).